The van der Waals surface area contributed by atoms with Gasteiger partial charge in [-0.05, 0) is 23.8 Å². The van der Waals surface area contributed by atoms with Crippen molar-refractivity contribution in [3.63, 3.8) is 0 Å². The smallest absolute Gasteiger partial charge is 0.333 e. The minimum atomic E-state index is -1.36. The predicted molar refractivity (Wildman–Crippen MR) is 114 cm³/mol. The number of esters is 2. The number of carboxylic acids is 1. The molecule has 2 aromatic carbocycles. The summed E-state index contributed by atoms with van der Waals surface area (Å²) in [5.74, 6) is -2.26. The van der Waals surface area contributed by atoms with Crippen LogP contribution in [0.15, 0.2) is 51.9 Å². The van der Waals surface area contributed by atoms with Crippen molar-refractivity contribution in [2.75, 3.05) is 14.2 Å². The van der Waals surface area contributed by atoms with Gasteiger partial charge in [0.25, 0.3) is 0 Å². The first-order chi connectivity index (χ1) is 15.7. The van der Waals surface area contributed by atoms with Gasteiger partial charge in [-0.3, -0.25) is 14.4 Å². The van der Waals surface area contributed by atoms with E-state index in [1.54, 1.807) is 24.3 Å². The second-order valence-electron chi connectivity index (χ2n) is 6.84. The molecule has 1 heterocycles. The van der Waals surface area contributed by atoms with Crippen LogP contribution < -0.4 is 19.6 Å². The Labute approximate surface area is 187 Å². The van der Waals surface area contributed by atoms with Crippen LogP contribution in [0.25, 0.3) is 22.1 Å². The van der Waals surface area contributed by atoms with Crippen molar-refractivity contribution in [1.29, 1.82) is 0 Å². The van der Waals surface area contributed by atoms with E-state index in [9.17, 15) is 19.2 Å². The zero-order valence-corrected chi connectivity index (χ0v) is 17.9. The second kappa shape index (κ2) is 9.96. The monoisotopic (exact) mass is 456 g/mol. The summed E-state index contributed by atoms with van der Waals surface area (Å²) < 4.78 is 25.7. The summed E-state index contributed by atoms with van der Waals surface area (Å²) in [6, 6.07) is 8.99. The van der Waals surface area contributed by atoms with Crippen LogP contribution >= 0.6 is 0 Å². The Bertz CT molecular complexity index is 1260. The average Bonchev–Trinajstić information content (AvgIpc) is 2.77. The van der Waals surface area contributed by atoms with E-state index in [4.69, 9.17) is 28.5 Å². The summed E-state index contributed by atoms with van der Waals surface area (Å²) in [5, 5.41) is 9.18. The fraction of sp³-hybridized carbons (Fsp3) is 0.217. The zero-order valence-electron chi connectivity index (χ0n) is 17.9. The van der Waals surface area contributed by atoms with Crippen LogP contribution in [0.1, 0.15) is 13.3 Å². The van der Waals surface area contributed by atoms with E-state index in [0.717, 1.165) is 0 Å². The molecule has 33 heavy (non-hydrogen) atoms. The molecule has 0 bridgehead atoms. The molecule has 10 nitrogen and oxygen atoms in total. The number of hydrogen-bond acceptors (Lipinski definition) is 9. The standard InChI is InChI=1S/C23H20O10/c1-12(24)32-14-6-4-13(5-7-14)16-11-31-17-9-19(18(29-2)8-15(17)22(16)26)33-21(25)10-20(30-3)23(27)28/h4-9,11,20H,10H2,1-3H3,(H,27,28)/t20-/m0/s1. The van der Waals surface area contributed by atoms with Gasteiger partial charge in [-0.1, -0.05) is 12.1 Å². The maximum absolute atomic E-state index is 13.1. The molecule has 172 valence electrons. The summed E-state index contributed by atoms with van der Waals surface area (Å²) in [7, 11) is 2.49. The van der Waals surface area contributed by atoms with E-state index in [1.165, 1.54) is 39.5 Å². The third-order valence-corrected chi connectivity index (χ3v) is 4.62. The number of hydrogen-bond donors (Lipinski definition) is 1. The molecule has 0 aliphatic heterocycles. The number of aliphatic carboxylic acids is 1. The fourth-order valence-corrected chi connectivity index (χ4v) is 3.03. The molecule has 0 radical (unpaired) electrons. The SMILES string of the molecule is COc1cc2c(=O)c(-c3ccc(OC(C)=O)cc3)coc2cc1OC(=O)C[C@H](OC)C(=O)O. The lowest BCUT2D eigenvalue weighted by molar-refractivity contribution is -0.154. The van der Waals surface area contributed by atoms with Crippen molar-refractivity contribution >= 4 is 28.9 Å². The lowest BCUT2D eigenvalue weighted by atomic mass is 10.1. The number of benzene rings is 2. The van der Waals surface area contributed by atoms with Crippen LogP contribution in [-0.4, -0.2) is 43.3 Å². The molecule has 0 aliphatic rings. The lowest BCUT2D eigenvalue weighted by Gasteiger charge is -2.13. The van der Waals surface area contributed by atoms with Gasteiger partial charge in [0, 0.05) is 20.1 Å². The highest BCUT2D eigenvalue weighted by molar-refractivity contribution is 5.87. The van der Waals surface area contributed by atoms with Gasteiger partial charge in [0.1, 0.15) is 17.6 Å². The van der Waals surface area contributed by atoms with Gasteiger partial charge in [0.15, 0.2) is 17.6 Å². The highest BCUT2D eigenvalue weighted by atomic mass is 16.6. The quantitative estimate of drug-likeness (QED) is 0.398. The van der Waals surface area contributed by atoms with E-state index in [1.807, 2.05) is 0 Å². The largest absolute Gasteiger partial charge is 0.493 e. The van der Waals surface area contributed by atoms with E-state index < -0.39 is 30.4 Å². The normalized spacial score (nSPS) is 11.6. The van der Waals surface area contributed by atoms with Gasteiger partial charge in [0.2, 0.25) is 5.43 Å². The summed E-state index contributed by atoms with van der Waals surface area (Å²) >= 11 is 0. The molecule has 1 atom stereocenters. The van der Waals surface area contributed by atoms with E-state index in [-0.39, 0.29) is 33.5 Å². The number of methoxy groups -OCH3 is 2. The van der Waals surface area contributed by atoms with E-state index in [2.05, 4.69) is 0 Å². The van der Waals surface area contributed by atoms with Crippen LogP contribution in [0, 0.1) is 0 Å². The molecule has 0 unspecified atom stereocenters. The summed E-state index contributed by atoms with van der Waals surface area (Å²) in [5.41, 5.74) is 0.562. The Balaban J connectivity index is 1.94. The summed E-state index contributed by atoms with van der Waals surface area (Å²) in [4.78, 5) is 47.3. The van der Waals surface area contributed by atoms with Gasteiger partial charge in [-0.2, -0.15) is 0 Å². The Kier molecular flexibility index (Phi) is 7.09. The van der Waals surface area contributed by atoms with E-state index in [0.29, 0.717) is 11.3 Å². The zero-order chi connectivity index (χ0) is 24.1. The van der Waals surface area contributed by atoms with Crippen molar-refractivity contribution in [3.05, 3.63) is 52.9 Å². The van der Waals surface area contributed by atoms with Crippen molar-refractivity contribution < 1.29 is 42.9 Å². The van der Waals surface area contributed by atoms with Crippen molar-refractivity contribution in [3.8, 4) is 28.4 Å². The molecule has 0 spiro atoms. The molecule has 0 amide bonds. The Morgan fingerprint density at radius 2 is 1.73 bits per heavy atom. The number of fused-ring (bicyclic) bond motifs is 1. The predicted octanol–water partition coefficient (Wildman–Crippen LogP) is 2.79. The minimum absolute atomic E-state index is 0.0446. The number of carbonyl (C=O) groups excluding carboxylic acids is 2. The topological polar surface area (TPSA) is 139 Å². The number of rotatable bonds is 8. The summed E-state index contributed by atoms with van der Waals surface area (Å²) in [6.45, 7) is 1.28. The summed E-state index contributed by atoms with van der Waals surface area (Å²) in [6.07, 6.45) is -0.634. The first kappa shape index (κ1) is 23.5. The third-order valence-electron chi connectivity index (χ3n) is 4.62. The molecule has 0 aliphatic carbocycles. The molecule has 3 rings (SSSR count). The van der Waals surface area contributed by atoms with Crippen molar-refractivity contribution in [2.45, 2.75) is 19.4 Å². The van der Waals surface area contributed by atoms with Crippen molar-refractivity contribution in [2.24, 2.45) is 0 Å². The lowest BCUT2D eigenvalue weighted by Crippen LogP contribution is -2.27. The maximum Gasteiger partial charge on any atom is 0.333 e. The molecule has 1 aromatic heterocycles. The molecule has 0 saturated carbocycles. The van der Waals surface area contributed by atoms with Gasteiger partial charge in [-0.15, -0.1) is 0 Å². The van der Waals surface area contributed by atoms with Crippen LogP contribution in [0.3, 0.4) is 0 Å². The van der Waals surface area contributed by atoms with Gasteiger partial charge in [-0.25, -0.2) is 4.79 Å². The molecule has 0 fully saturated rings. The molecule has 0 saturated heterocycles. The van der Waals surface area contributed by atoms with Crippen LogP contribution in [0.2, 0.25) is 0 Å². The Morgan fingerprint density at radius 1 is 1.03 bits per heavy atom. The maximum atomic E-state index is 13.1. The van der Waals surface area contributed by atoms with Crippen LogP contribution in [0.4, 0.5) is 0 Å². The van der Waals surface area contributed by atoms with Gasteiger partial charge < -0.3 is 28.5 Å². The van der Waals surface area contributed by atoms with Gasteiger partial charge >= 0.3 is 17.9 Å². The first-order valence-corrected chi connectivity index (χ1v) is 9.62. The minimum Gasteiger partial charge on any atom is -0.493 e. The number of carbonyl (C=O) groups is 3. The highest BCUT2D eigenvalue weighted by Crippen LogP contribution is 2.33. The van der Waals surface area contributed by atoms with E-state index >= 15 is 0 Å². The molecular weight excluding hydrogens is 436 g/mol. The first-order valence-electron chi connectivity index (χ1n) is 9.62. The molecule has 1 N–H and O–H groups in total. The van der Waals surface area contributed by atoms with Crippen LogP contribution in [-0.2, 0) is 19.1 Å². The second-order valence-corrected chi connectivity index (χ2v) is 6.84. The fourth-order valence-electron chi connectivity index (χ4n) is 3.03. The van der Waals surface area contributed by atoms with Crippen molar-refractivity contribution in [1.82, 2.24) is 0 Å². The Hall–Kier alpha value is -4.18. The highest BCUT2D eigenvalue weighted by Gasteiger charge is 2.23. The average molecular weight is 456 g/mol. The third kappa shape index (κ3) is 5.36. The van der Waals surface area contributed by atoms with Crippen LogP contribution in [0.5, 0.6) is 17.2 Å². The molecule has 10 heteroatoms. The molecular formula is C23H20O10. The molecule has 3 aromatic rings. The number of carboxylic acid groups (broad SMARTS) is 1. The van der Waals surface area contributed by atoms with Gasteiger partial charge in [0.05, 0.1) is 24.5 Å². The number of ether oxygens (including phenoxy) is 4. The Morgan fingerprint density at radius 3 is 2.30 bits per heavy atom.